The van der Waals surface area contributed by atoms with E-state index in [1.165, 1.54) is 6.20 Å². The predicted molar refractivity (Wildman–Crippen MR) is 67.5 cm³/mol. The number of pyridine rings is 1. The zero-order valence-electron chi connectivity index (χ0n) is 10.6. The van der Waals surface area contributed by atoms with Crippen LogP contribution in [0.4, 0.5) is 0 Å². The fourth-order valence-electron chi connectivity index (χ4n) is 1.93. The first-order chi connectivity index (χ1) is 8.50. The normalized spacial score (nSPS) is 10.9. The highest BCUT2D eigenvalue weighted by Gasteiger charge is 2.19. The van der Waals surface area contributed by atoms with E-state index in [2.05, 4.69) is 10.1 Å². The minimum absolute atomic E-state index is 0.0624. The Morgan fingerprint density at radius 3 is 2.72 bits per heavy atom. The molecule has 2 aromatic rings. The summed E-state index contributed by atoms with van der Waals surface area (Å²) in [5, 5.41) is 13.6. The second-order valence-electron chi connectivity index (χ2n) is 4.46. The molecule has 5 heteroatoms. The summed E-state index contributed by atoms with van der Waals surface area (Å²) in [5.41, 5.74) is 2.39. The molecule has 2 heterocycles. The molecular weight excluding hydrogens is 230 g/mol. The molecule has 0 saturated carbocycles. The summed E-state index contributed by atoms with van der Waals surface area (Å²) in [6, 6.07) is 3.50. The van der Waals surface area contributed by atoms with Crippen molar-refractivity contribution < 1.29 is 9.90 Å². The van der Waals surface area contributed by atoms with Crippen molar-refractivity contribution in [3.63, 3.8) is 0 Å². The predicted octanol–water partition coefficient (Wildman–Crippen LogP) is 2.30. The number of carbonyl (C=O) groups is 1. The van der Waals surface area contributed by atoms with Crippen LogP contribution >= 0.6 is 0 Å². The van der Waals surface area contributed by atoms with Gasteiger partial charge in [-0.2, -0.15) is 5.10 Å². The van der Waals surface area contributed by atoms with Crippen LogP contribution in [-0.4, -0.2) is 25.8 Å². The first kappa shape index (κ1) is 12.3. The second kappa shape index (κ2) is 4.60. The Morgan fingerprint density at radius 2 is 2.11 bits per heavy atom. The molecule has 0 aromatic carbocycles. The number of hydrogen-bond donors (Lipinski definition) is 1. The quantitative estimate of drug-likeness (QED) is 0.900. The highest BCUT2D eigenvalue weighted by molar-refractivity contribution is 5.94. The first-order valence-corrected chi connectivity index (χ1v) is 5.73. The molecule has 0 aliphatic heterocycles. The molecule has 0 amide bonds. The summed E-state index contributed by atoms with van der Waals surface area (Å²) in [6.45, 7) is 4.06. The maximum atomic E-state index is 11.2. The van der Waals surface area contributed by atoms with Gasteiger partial charge in [0.15, 0.2) is 5.69 Å². The molecule has 0 radical (unpaired) electrons. The minimum atomic E-state index is -1.02. The third kappa shape index (κ3) is 2.11. The summed E-state index contributed by atoms with van der Waals surface area (Å²) in [7, 11) is 1.83. The van der Waals surface area contributed by atoms with Crippen LogP contribution in [-0.2, 0) is 7.05 Å². The zero-order valence-corrected chi connectivity index (χ0v) is 10.6. The Kier molecular flexibility index (Phi) is 3.14. The number of carboxylic acid groups (broad SMARTS) is 1. The van der Waals surface area contributed by atoms with Gasteiger partial charge in [-0.15, -0.1) is 0 Å². The largest absolute Gasteiger partial charge is 0.476 e. The maximum Gasteiger partial charge on any atom is 0.355 e. The molecule has 94 valence electrons. The average molecular weight is 245 g/mol. The van der Waals surface area contributed by atoms with E-state index in [1.807, 2.05) is 27.1 Å². The van der Waals surface area contributed by atoms with Crippen LogP contribution < -0.4 is 0 Å². The van der Waals surface area contributed by atoms with Gasteiger partial charge in [0.25, 0.3) is 0 Å². The smallest absolute Gasteiger partial charge is 0.355 e. The number of hydrogen-bond acceptors (Lipinski definition) is 3. The van der Waals surface area contributed by atoms with Gasteiger partial charge in [-0.05, 0) is 12.0 Å². The standard InChI is InChI=1S/C13H15N3O2/c1-8(2)11-10(7-16(3)15-11)9-5-4-6-14-12(9)13(17)18/h4-8H,1-3H3,(H,17,18). The summed E-state index contributed by atoms with van der Waals surface area (Å²) in [6.07, 6.45) is 3.32. The van der Waals surface area contributed by atoms with Crippen molar-refractivity contribution in [1.82, 2.24) is 14.8 Å². The molecule has 0 bridgehead atoms. The van der Waals surface area contributed by atoms with Crippen molar-refractivity contribution in [1.29, 1.82) is 0 Å². The lowest BCUT2D eigenvalue weighted by atomic mass is 9.99. The number of carboxylic acids is 1. The van der Waals surface area contributed by atoms with Crippen molar-refractivity contribution in [2.24, 2.45) is 7.05 Å². The molecule has 2 rings (SSSR count). The van der Waals surface area contributed by atoms with Gasteiger partial charge in [0.1, 0.15) is 0 Å². The Bertz CT molecular complexity index is 588. The molecule has 0 spiro atoms. The minimum Gasteiger partial charge on any atom is -0.476 e. The van der Waals surface area contributed by atoms with E-state index in [0.29, 0.717) is 5.56 Å². The van der Waals surface area contributed by atoms with Crippen LogP contribution in [0.3, 0.4) is 0 Å². The summed E-state index contributed by atoms with van der Waals surface area (Å²) < 4.78 is 1.70. The number of aryl methyl sites for hydroxylation is 1. The van der Waals surface area contributed by atoms with Gasteiger partial charge in [-0.25, -0.2) is 9.78 Å². The molecular formula is C13H15N3O2. The highest BCUT2D eigenvalue weighted by atomic mass is 16.4. The molecule has 18 heavy (non-hydrogen) atoms. The Hall–Kier alpha value is -2.17. The Balaban J connectivity index is 2.65. The van der Waals surface area contributed by atoms with Crippen LogP contribution in [0.25, 0.3) is 11.1 Å². The van der Waals surface area contributed by atoms with Gasteiger partial charge >= 0.3 is 5.97 Å². The summed E-state index contributed by atoms with van der Waals surface area (Å²) in [4.78, 5) is 15.1. The van der Waals surface area contributed by atoms with Gasteiger partial charge in [0, 0.05) is 30.6 Å². The van der Waals surface area contributed by atoms with Crippen LogP contribution in [0.5, 0.6) is 0 Å². The molecule has 0 atom stereocenters. The van der Waals surface area contributed by atoms with Crippen molar-refractivity contribution in [3.8, 4) is 11.1 Å². The third-order valence-electron chi connectivity index (χ3n) is 2.70. The van der Waals surface area contributed by atoms with E-state index in [0.717, 1.165) is 11.3 Å². The van der Waals surface area contributed by atoms with Crippen molar-refractivity contribution in [2.45, 2.75) is 19.8 Å². The van der Waals surface area contributed by atoms with E-state index in [9.17, 15) is 9.90 Å². The van der Waals surface area contributed by atoms with Crippen LogP contribution in [0, 0.1) is 0 Å². The number of aromatic carboxylic acids is 1. The lowest BCUT2D eigenvalue weighted by Gasteiger charge is -2.07. The van der Waals surface area contributed by atoms with Gasteiger partial charge in [0.05, 0.1) is 5.69 Å². The highest BCUT2D eigenvalue weighted by Crippen LogP contribution is 2.29. The second-order valence-corrected chi connectivity index (χ2v) is 4.46. The fourth-order valence-corrected chi connectivity index (χ4v) is 1.93. The number of nitrogens with zero attached hydrogens (tertiary/aromatic N) is 3. The number of aromatic nitrogens is 3. The van der Waals surface area contributed by atoms with Gasteiger partial charge in [-0.3, -0.25) is 4.68 Å². The van der Waals surface area contributed by atoms with Crippen molar-refractivity contribution >= 4 is 5.97 Å². The third-order valence-corrected chi connectivity index (χ3v) is 2.70. The molecule has 2 aromatic heterocycles. The number of rotatable bonds is 3. The SMILES string of the molecule is CC(C)c1nn(C)cc1-c1cccnc1C(=O)O. The average Bonchev–Trinajstić information content (AvgIpc) is 2.71. The van der Waals surface area contributed by atoms with E-state index < -0.39 is 5.97 Å². The fraction of sp³-hybridized carbons (Fsp3) is 0.308. The van der Waals surface area contributed by atoms with E-state index in [1.54, 1.807) is 16.8 Å². The van der Waals surface area contributed by atoms with Crippen molar-refractivity contribution in [3.05, 3.63) is 35.9 Å². The van der Waals surface area contributed by atoms with E-state index in [4.69, 9.17) is 0 Å². The van der Waals surface area contributed by atoms with Gasteiger partial charge in [-0.1, -0.05) is 19.9 Å². The Labute approximate surface area is 105 Å². The maximum absolute atomic E-state index is 11.2. The Morgan fingerprint density at radius 1 is 1.39 bits per heavy atom. The zero-order chi connectivity index (χ0) is 13.3. The van der Waals surface area contributed by atoms with Crippen molar-refractivity contribution in [2.75, 3.05) is 0 Å². The molecule has 0 fully saturated rings. The first-order valence-electron chi connectivity index (χ1n) is 5.73. The lowest BCUT2D eigenvalue weighted by Crippen LogP contribution is -2.03. The molecule has 1 N–H and O–H groups in total. The molecule has 5 nitrogen and oxygen atoms in total. The van der Waals surface area contributed by atoms with E-state index in [-0.39, 0.29) is 11.6 Å². The van der Waals surface area contributed by atoms with Gasteiger partial charge < -0.3 is 5.11 Å². The summed E-state index contributed by atoms with van der Waals surface area (Å²) in [5.74, 6) is -0.799. The van der Waals surface area contributed by atoms with E-state index >= 15 is 0 Å². The van der Waals surface area contributed by atoms with Crippen LogP contribution in [0.1, 0.15) is 35.9 Å². The van der Waals surface area contributed by atoms with Gasteiger partial charge in [0.2, 0.25) is 0 Å². The monoisotopic (exact) mass is 245 g/mol. The topological polar surface area (TPSA) is 68.0 Å². The molecule has 0 aliphatic carbocycles. The van der Waals surface area contributed by atoms with Crippen LogP contribution in [0.2, 0.25) is 0 Å². The summed E-state index contributed by atoms with van der Waals surface area (Å²) >= 11 is 0. The molecule has 0 saturated heterocycles. The molecule has 0 unspecified atom stereocenters. The van der Waals surface area contributed by atoms with Crippen LogP contribution in [0.15, 0.2) is 24.5 Å². The molecule has 0 aliphatic rings. The lowest BCUT2D eigenvalue weighted by molar-refractivity contribution is 0.0691.